The predicted molar refractivity (Wildman–Crippen MR) is 100 cm³/mol. The molecule has 0 saturated carbocycles. The van der Waals surface area contributed by atoms with Gasteiger partial charge in [0.05, 0.1) is 18.7 Å². The van der Waals surface area contributed by atoms with Crippen molar-refractivity contribution in [3.63, 3.8) is 0 Å². The highest BCUT2D eigenvalue weighted by Gasteiger charge is 2.19. The van der Waals surface area contributed by atoms with E-state index in [1.807, 2.05) is 49.2 Å². The van der Waals surface area contributed by atoms with E-state index in [1.54, 1.807) is 0 Å². The minimum absolute atomic E-state index is 0.0163. The lowest BCUT2D eigenvalue weighted by Gasteiger charge is -2.34. The SMILES string of the molecule is CC(NC(=O)CN(C)CC(O)CN1CCN(C)CC1)c1ccccc1. The molecule has 2 atom stereocenters. The highest BCUT2D eigenvalue weighted by atomic mass is 16.3. The van der Waals surface area contributed by atoms with Crippen molar-refractivity contribution in [1.82, 2.24) is 20.0 Å². The van der Waals surface area contributed by atoms with E-state index in [-0.39, 0.29) is 18.5 Å². The molecule has 1 aliphatic rings. The van der Waals surface area contributed by atoms with Crippen LogP contribution in [0.15, 0.2) is 30.3 Å². The zero-order valence-electron chi connectivity index (χ0n) is 15.7. The topological polar surface area (TPSA) is 59.1 Å². The van der Waals surface area contributed by atoms with Gasteiger partial charge in [-0.15, -0.1) is 0 Å². The first-order chi connectivity index (χ1) is 11.9. The second kappa shape index (κ2) is 9.87. The Bertz CT molecular complexity index is 517. The third kappa shape index (κ3) is 7.12. The standard InChI is InChI=1S/C19H32N4O2/c1-16(17-7-5-4-6-8-17)20-19(25)15-22(3)13-18(24)14-23-11-9-21(2)10-12-23/h4-8,16,18,24H,9-15H2,1-3H3,(H,20,25). The Morgan fingerprint density at radius 2 is 1.88 bits per heavy atom. The maximum absolute atomic E-state index is 12.2. The Kier molecular flexibility index (Phi) is 7.84. The van der Waals surface area contributed by atoms with Gasteiger partial charge in [-0.05, 0) is 26.6 Å². The second-order valence-electron chi connectivity index (χ2n) is 7.15. The lowest BCUT2D eigenvalue weighted by molar-refractivity contribution is -0.122. The molecule has 0 bridgehead atoms. The first kappa shape index (κ1) is 19.8. The van der Waals surface area contributed by atoms with Gasteiger partial charge in [-0.1, -0.05) is 30.3 Å². The Labute approximate surface area is 151 Å². The molecule has 6 nitrogen and oxygen atoms in total. The normalized spacial score (nSPS) is 18.9. The minimum Gasteiger partial charge on any atom is -0.390 e. The molecule has 1 aliphatic heterocycles. The first-order valence-corrected chi connectivity index (χ1v) is 9.06. The molecule has 6 heteroatoms. The van der Waals surface area contributed by atoms with Crippen LogP contribution in [0.2, 0.25) is 0 Å². The molecule has 0 aromatic heterocycles. The molecular formula is C19H32N4O2. The van der Waals surface area contributed by atoms with Crippen molar-refractivity contribution in [2.45, 2.75) is 19.1 Å². The van der Waals surface area contributed by atoms with Gasteiger partial charge in [0.25, 0.3) is 0 Å². The number of carbonyl (C=O) groups is 1. The van der Waals surface area contributed by atoms with Crippen molar-refractivity contribution in [2.24, 2.45) is 0 Å². The summed E-state index contributed by atoms with van der Waals surface area (Å²) in [5, 5.41) is 13.3. The minimum atomic E-state index is -0.437. The van der Waals surface area contributed by atoms with Gasteiger partial charge in [0.15, 0.2) is 0 Å². The fourth-order valence-electron chi connectivity index (χ4n) is 3.17. The van der Waals surface area contributed by atoms with Crippen LogP contribution in [-0.2, 0) is 4.79 Å². The molecule has 25 heavy (non-hydrogen) atoms. The number of likely N-dealkylation sites (N-methyl/N-ethyl adjacent to an activating group) is 2. The number of hydrogen-bond acceptors (Lipinski definition) is 5. The fraction of sp³-hybridized carbons (Fsp3) is 0.632. The molecule has 2 unspecified atom stereocenters. The molecule has 0 spiro atoms. The average molecular weight is 348 g/mol. The van der Waals surface area contributed by atoms with Gasteiger partial charge in [-0.25, -0.2) is 0 Å². The molecule has 1 amide bonds. The molecule has 2 N–H and O–H groups in total. The zero-order valence-corrected chi connectivity index (χ0v) is 15.7. The molecule has 2 rings (SSSR count). The number of rotatable bonds is 8. The van der Waals surface area contributed by atoms with Gasteiger partial charge in [0, 0.05) is 39.3 Å². The highest BCUT2D eigenvalue weighted by molar-refractivity contribution is 5.78. The number of aliphatic hydroxyl groups is 1. The van der Waals surface area contributed by atoms with Crippen molar-refractivity contribution < 1.29 is 9.90 Å². The molecule has 0 aliphatic carbocycles. The van der Waals surface area contributed by atoms with E-state index in [0.717, 1.165) is 31.7 Å². The summed E-state index contributed by atoms with van der Waals surface area (Å²) < 4.78 is 0. The number of piperazine rings is 1. The van der Waals surface area contributed by atoms with Crippen LogP contribution in [-0.4, -0.2) is 91.7 Å². The smallest absolute Gasteiger partial charge is 0.234 e. The summed E-state index contributed by atoms with van der Waals surface area (Å²) in [4.78, 5) is 18.7. The Balaban J connectivity index is 1.68. The van der Waals surface area contributed by atoms with Crippen molar-refractivity contribution >= 4 is 5.91 Å². The van der Waals surface area contributed by atoms with Crippen LogP contribution in [0.4, 0.5) is 0 Å². The Morgan fingerprint density at radius 1 is 1.24 bits per heavy atom. The van der Waals surface area contributed by atoms with Crippen molar-refractivity contribution in [3.8, 4) is 0 Å². The van der Waals surface area contributed by atoms with E-state index in [9.17, 15) is 9.90 Å². The van der Waals surface area contributed by atoms with E-state index in [4.69, 9.17) is 0 Å². The number of nitrogens with one attached hydrogen (secondary N) is 1. The van der Waals surface area contributed by atoms with Crippen LogP contribution in [0, 0.1) is 0 Å². The number of amides is 1. The van der Waals surface area contributed by atoms with E-state index in [1.165, 1.54) is 0 Å². The van der Waals surface area contributed by atoms with Gasteiger partial charge < -0.3 is 15.3 Å². The molecule has 1 saturated heterocycles. The number of nitrogens with zero attached hydrogens (tertiary/aromatic N) is 3. The van der Waals surface area contributed by atoms with Crippen LogP contribution >= 0.6 is 0 Å². The van der Waals surface area contributed by atoms with Crippen molar-refractivity contribution in [3.05, 3.63) is 35.9 Å². The van der Waals surface area contributed by atoms with Crippen molar-refractivity contribution in [2.75, 3.05) is 59.9 Å². The van der Waals surface area contributed by atoms with E-state index < -0.39 is 6.10 Å². The van der Waals surface area contributed by atoms with Crippen LogP contribution in [0.25, 0.3) is 0 Å². The summed E-state index contributed by atoms with van der Waals surface area (Å²) >= 11 is 0. The van der Waals surface area contributed by atoms with E-state index in [0.29, 0.717) is 13.1 Å². The number of benzene rings is 1. The average Bonchev–Trinajstić information content (AvgIpc) is 2.57. The lowest BCUT2D eigenvalue weighted by Crippen LogP contribution is -2.49. The van der Waals surface area contributed by atoms with E-state index in [2.05, 4.69) is 22.2 Å². The molecule has 1 aromatic rings. The lowest BCUT2D eigenvalue weighted by atomic mass is 10.1. The maximum atomic E-state index is 12.2. The maximum Gasteiger partial charge on any atom is 0.234 e. The predicted octanol–water partition coefficient (Wildman–Crippen LogP) is 0.404. The summed E-state index contributed by atoms with van der Waals surface area (Å²) in [7, 11) is 4.00. The molecule has 140 valence electrons. The van der Waals surface area contributed by atoms with Gasteiger partial charge in [0.2, 0.25) is 5.91 Å². The van der Waals surface area contributed by atoms with Crippen LogP contribution in [0.3, 0.4) is 0 Å². The molecule has 1 heterocycles. The van der Waals surface area contributed by atoms with Crippen LogP contribution < -0.4 is 5.32 Å². The number of β-amino-alcohol motifs (C(OH)–C–C–N with tert-alkyl or cyclic N) is 1. The molecule has 1 fully saturated rings. The summed E-state index contributed by atoms with van der Waals surface area (Å²) in [6.07, 6.45) is -0.437. The third-order valence-corrected chi connectivity index (χ3v) is 4.68. The quantitative estimate of drug-likeness (QED) is 0.712. The van der Waals surface area contributed by atoms with Crippen LogP contribution in [0.1, 0.15) is 18.5 Å². The van der Waals surface area contributed by atoms with E-state index >= 15 is 0 Å². The molecule has 0 radical (unpaired) electrons. The van der Waals surface area contributed by atoms with Crippen LogP contribution in [0.5, 0.6) is 0 Å². The number of hydrogen-bond donors (Lipinski definition) is 2. The Hall–Kier alpha value is -1.47. The first-order valence-electron chi connectivity index (χ1n) is 9.06. The number of aliphatic hydroxyl groups excluding tert-OH is 1. The van der Waals surface area contributed by atoms with Gasteiger partial charge >= 0.3 is 0 Å². The molecular weight excluding hydrogens is 316 g/mol. The summed E-state index contributed by atoms with van der Waals surface area (Å²) in [5.41, 5.74) is 1.09. The fourth-order valence-corrected chi connectivity index (χ4v) is 3.17. The van der Waals surface area contributed by atoms with Gasteiger partial charge in [-0.2, -0.15) is 0 Å². The second-order valence-corrected chi connectivity index (χ2v) is 7.15. The Morgan fingerprint density at radius 3 is 2.52 bits per heavy atom. The van der Waals surface area contributed by atoms with Gasteiger partial charge in [0.1, 0.15) is 0 Å². The number of carbonyl (C=O) groups excluding carboxylic acids is 1. The third-order valence-electron chi connectivity index (χ3n) is 4.68. The monoisotopic (exact) mass is 348 g/mol. The van der Waals surface area contributed by atoms with Crippen molar-refractivity contribution in [1.29, 1.82) is 0 Å². The van der Waals surface area contributed by atoms with Gasteiger partial charge in [-0.3, -0.25) is 14.6 Å². The molecule has 1 aromatic carbocycles. The summed E-state index contributed by atoms with van der Waals surface area (Å²) in [5.74, 6) is -0.0225. The zero-order chi connectivity index (χ0) is 18.2. The summed E-state index contributed by atoms with van der Waals surface area (Å²) in [6, 6.07) is 9.91. The largest absolute Gasteiger partial charge is 0.390 e. The summed E-state index contributed by atoms with van der Waals surface area (Å²) in [6.45, 7) is 7.51. The highest BCUT2D eigenvalue weighted by Crippen LogP contribution is 2.10.